The first kappa shape index (κ1) is 13.6. The van der Waals surface area contributed by atoms with Gasteiger partial charge in [-0.3, -0.25) is 0 Å². The maximum absolute atomic E-state index is 13.4. The highest BCUT2D eigenvalue weighted by molar-refractivity contribution is 7.98. The van der Waals surface area contributed by atoms with Crippen molar-refractivity contribution < 1.29 is 32.2 Å². The Balaban J connectivity index is 3.31. The van der Waals surface area contributed by atoms with Crippen LogP contribution in [0, 0.1) is 23.3 Å². The molecule has 0 aliphatic heterocycles. The highest BCUT2D eigenvalue weighted by Crippen LogP contribution is 2.35. The van der Waals surface area contributed by atoms with E-state index in [0.717, 1.165) is 0 Å². The summed E-state index contributed by atoms with van der Waals surface area (Å²) in [6, 6.07) is 0. The molecule has 1 aromatic carbocycles. The minimum atomic E-state index is -1.82. The third-order valence-electron chi connectivity index (χ3n) is 1.53. The zero-order chi connectivity index (χ0) is 12.3. The van der Waals surface area contributed by atoms with Crippen LogP contribution in [0.2, 0.25) is 0 Å². The average molecular weight is 276 g/mol. The first-order valence-electron chi connectivity index (χ1n) is 3.59. The summed E-state index contributed by atoms with van der Waals surface area (Å²) in [5.41, 5.74) is 0. The lowest BCUT2D eigenvalue weighted by molar-refractivity contribution is -0.432. The summed E-state index contributed by atoms with van der Waals surface area (Å²) in [6.07, 6.45) is 1.29. The molecule has 0 heterocycles. The van der Waals surface area contributed by atoms with E-state index >= 15 is 0 Å². The minimum absolute atomic E-state index is 0.116. The van der Waals surface area contributed by atoms with Crippen molar-refractivity contribution in [3.63, 3.8) is 0 Å². The van der Waals surface area contributed by atoms with Gasteiger partial charge in [0.2, 0.25) is 0 Å². The predicted molar refractivity (Wildman–Crippen MR) is 48.7 cm³/mol. The van der Waals surface area contributed by atoms with E-state index in [9.17, 15) is 17.6 Å². The van der Waals surface area contributed by atoms with E-state index in [0.29, 0.717) is 11.8 Å². The summed E-state index contributed by atoms with van der Waals surface area (Å²) in [5.74, 6) is -6.52. The zero-order valence-corrected chi connectivity index (χ0v) is 9.23. The van der Waals surface area contributed by atoms with Crippen LogP contribution >= 0.6 is 23.8 Å². The lowest BCUT2D eigenvalue weighted by atomic mass is 10.3. The van der Waals surface area contributed by atoms with Crippen LogP contribution in [0.15, 0.2) is 9.79 Å². The Morgan fingerprint density at radius 3 is 2.00 bits per heavy atom. The molecule has 0 saturated heterocycles. The van der Waals surface area contributed by atoms with Gasteiger partial charge in [0.15, 0.2) is 23.3 Å². The zero-order valence-electron chi connectivity index (χ0n) is 7.59. The van der Waals surface area contributed by atoms with E-state index in [4.69, 9.17) is 5.26 Å². The molecule has 90 valence electrons. The minimum Gasteiger partial charge on any atom is -0.220 e. The van der Waals surface area contributed by atoms with E-state index in [1.807, 2.05) is 0 Å². The van der Waals surface area contributed by atoms with Crippen molar-refractivity contribution in [2.24, 2.45) is 0 Å². The smallest absolute Gasteiger partial charge is 0.197 e. The average Bonchev–Trinajstić information content (AvgIpc) is 2.27. The molecule has 0 aliphatic rings. The summed E-state index contributed by atoms with van der Waals surface area (Å²) in [7, 11) is 0. The fourth-order valence-electron chi connectivity index (χ4n) is 0.893. The quantitative estimate of drug-likeness (QED) is 0.173. The van der Waals surface area contributed by atoms with Gasteiger partial charge >= 0.3 is 0 Å². The normalized spacial score (nSPS) is 10.9. The molecule has 3 nitrogen and oxygen atoms in total. The maximum Gasteiger partial charge on any atom is 0.197 e. The lowest BCUT2D eigenvalue weighted by Gasteiger charge is -2.08. The van der Waals surface area contributed by atoms with Crippen molar-refractivity contribution in [1.82, 2.24) is 0 Å². The van der Waals surface area contributed by atoms with Crippen LogP contribution in [0.4, 0.5) is 17.6 Å². The van der Waals surface area contributed by atoms with Crippen molar-refractivity contribution in [3.05, 3.63) is 23.3 Å². The molecule has 0 spiro atoms. The predicted octanol–water partition coefficient (Wildman–Crippen LogP) is 3.39. The van der Waals surface area contributed by atoms with E-state index in [1.165, 1.54) is 6.26 Å². The third-order valence-corrected chi connectivity index (χ3v) is 2.96. The SMILES string of the molecule is CSc1c(F)c(F)c(F)c(SOOO)c1F. The van der Waals surface area contributed by atoms with Crippen molar-refractivity contribution in [2.75, 3.05) is 6.26 Å². The Bertz CT molecular complexity index is 402. The third kappa shape index (κ3) is 2.43. The molecule has 16 heavy (non-hydrogen) atoms. The van der Waals surface area contributed by atoms with Crippen LogP contribution in [0.5, 0.6) is 0 Å². The van der Waals surface area contributed by atoms with Gasteiger partial charge in [0.1, 0.15) is 4.90 Å². The monoisotopic (exact) mass is 276 g/mol. The molecule has 0 fully saturated rings. The van der Waals surface area contributed by atoms with Crippen molar-refractivity contribution in [3.8, 4) is 0 Å². The maximum atomic E-state index is 13.4. The number of thioether (sulfide) groups is 1. The molecule has 0 saturated carbocycles. The van der Waals surface area contributed by atoms with Gasteiger partial charge in [-0.15, -0.1) is 16.1 Å². The Morgan fingerprint density at radius 1 is 0.938 bits per heavy atom. The van der Waals surface area contributed by atoms with Gasteiger partial charge in [0.25, 0.3) is 0 Å². The molecule has 1 N–H and O–H groups in total. The summed E-state index contributed by atoms with van der Waals surface area (Å²) >= 11 is 0.448. The van der Waals surface area contributed by atoms with Crippen LogP contribution in [0.3, 0.4) is 0 Å². The van der Waals surface area contributed by atoms with E-state index < -0.39 is 33.1 Å². The molecular formula is C7H4F4O3S2. The highest BCUT2D eigenvalue weighted by atomic mass is 32.2. The lowest BCUT2D eigenvalue weighted by Crippen LogP contribution is -2.01. The topological polar surface area (TPSA) is 38.7 Å². The molecule has 9 heteroatoms. The van der Waals surface area contributed by atoms with Crippen molar-refractivity contribution in [1.29, 1.82) is 0 Å². The van der Waals surface area contributed by atoms with Gasteiger partial charge in [0.05, 0.1) is 16.9 Å². The first-order chi connectivity index (χ1) is 7.54. The summed E-state index contributed by atoms with van der Waals surface area (Å²) < 4.78 is 56.2. The molecule has 0 atom stereocenters. The van der Waals surface area contributed by atoms with E-state index in [-0.39, 0.29) is 12.0 Å². The number of hydrogen-bond donors (Lipinski definition) is 1. The Hall–Kier alpha value is -0.480. The van der Waals surface area contributed by atoms with Gasteiger partial charge in [-0.1, -0.05) is 5.04 Å². The number of benzene rings is 1. The number of hydrogen-bond acceptors (Lipinski definition) is 5. The van der Waals surface area contributed by atoms with Gasteiger partial charge in [-0.25, -0.2) is 22.8 Å². The standard InChI is InChI=1S/C7H4F4O3S2/c1-15-6-3(9)2(8)4(10)7(5(6)11)16-14-13-12/h12H,1H3. The molecule has 0 radical (unpaired) electrons. The summed E-state index contributed by atoms with van der Waals surface area (Å²) in [6.45, 7) is 0. The van der Waals surface area contributed by atoms with Crippen LogP contribution in [-0.2, 0) is 9.37 Å². The molecule has 1 rings (SSSR count). The van der Waals surface area contributed by atoms with Gasteiger partial charge < -0.3 is 0 Å². The second kappa shape index (κ2) is 5.73. The fraction of sp³-hybridized carbons (Fsp3) is 0.143. The van der Waals surface area contributed by atoms with E-state index in [1.54, 1.807) is 0 Å². The Morgan fingerprint density at radius 2 is 1.50 bits per heavy atom. The second-order valence-electron chi connectivity index (χ2n) is 2.34. The van der Waals surface area contributed by atoms with Crippen LogP contribution in [0.25, 0.3) is 0 Å². The summed E-state index contributed by atoms with van der Waals surface area (Å²) in [4.78, 5) is -1.64. The molecule has 0 aromatic heterocycles. The largest absolute Gasteiger partial charge is 0.220 e. The molecule has 0 amide bonds. The molecular weight excluding hydrogens is 272 g/mol. The molecule has 0 unspecified atom stereocenters. The molecule has 0 bridgehead atoms. The van der Waals surface area contributed by atoms with Crippen molar-refractivity contribution in [2.45, 2.75) is 9.79 Å². The number of halogens is 4. The van der Waals surface area contributed by atoms with Crippen molar-refractivity contribution >= 4 is 23.8 Å². The fourth-order valence-corrected chi connectivity index (χ4v) is 1.94. The van der Waals surface area contributed by atoms with Gasteiger partial charge in [0, 0.05) is 0 Å². The number of rotatable bonds is 4. The Labute approximate surface area is 95.8 Å². The molecule has 1 aromatic rings. The second-order valence-corrected chi connectivity index (χ2v) is 3.87. The van der Waals surface area contributed by atoms with Gasteiger partial charge in [-0.05, 0) is 6.26 Å². The van der Waals surface area contributed by atoms with E-state index in [2.05, 4.69) is 9.37 Å². The Kier molecular flexibility index (Phi) is 4.87. The molecule has 0 aliphatic carbocycles. The summed E-state index contributed by atoms with van der Waals surface area (Å²) in [5, 5.41) is 10.9. The van der Waals surface area contributed by atoms with Gasteiger partial charge in [-0.2, -0.15) is 0 Å². The highest BCUT2D eigenvalue weighted by Gasteiger charge is 2.26. The van der Waals surface area contributed by atoms with Crippen LogP contribution < -0.4 is 0 Å². The van der Waals surface area contributed by atoms with Crippen LogP contribution in [0.1, 0.15) is 0 Å². The first-order valence-corrected chi connectivity index (χ1v) is 5.55. The van der Waals surface area contributed by atoms with Crippen LogP contribution in [-0.4, -0.2) is 11.5 Å².